The second-order valence-corrected chi connectivity index (χ2v) is 6.23. The van der Waals surface area contributed by atoms with Crippen molar-refractivity contribution in [3.8, 4) is 11.3 Å². The summed E-state index contributed by atoms with van der Waals surface area (Å²) in [6.07, 6.45) is 7.40. The van der Waals surface area contributed by atoms with Crippen molar-refractivity contribution in [3.63, 3.8) is 0 Å². The predicted octanol–water partition coefficient (Wildman–Crippen LogP) is 5.96. The minimum atomic E-state index is 0.576. The van der Waals surface area contributed by atoms with Crippen LogP contribution in [0.5, 0.6) is 0 Å². The predicted molar refractivity (Wildman–Crippen MR) is 110 cm³/mol. The summed E-state index contributed by atoms with van der Waals surface area (Å²) >= 11 is 0. The van der Waals surface area contributed by atoms with Gasteiger partial charge in [-0.15, -0.1) is 0 Å². The van der Waals surface area contributed by atoms with E-state index in [1.165, 1.54) is 0 Å². The minimum Gasteiger partial charge on any atom is -0.437 e. The second-order valence-electron chi connectivity index (χ2n) is 6.23. The van der Waals surface area contributed by atoms with E-state index in [1.807, 2.05) is 85.8 Å². The fourth-order valence-corrected chi connectivity index (χ4v) is 2.73. The maximum Gasteiger partial charge on any atom is 0.219 e. The second kappa shape index (κ2) is 7.70. The standard InChI is InChI=1S/C23H19N3O/c1-17-12-13-24-22(14-17)26-20-9-5-8-19(15-20)21-16-25-23(27-21)11-10-18-6-3-2-4-7-18/h2-16H,1H3,(H,24,26). The molecule has 2 aromatic carbocycles. The van der Waals surface area contributed by atoms with E-state index in [-0.39, 0.29) is 0 Å². The number of aromatic nitrogens is 2. The molecule has 4 nitrogen and oxygen atoms in total. The Bertz CT molecular complexity index is 1070. The molecule has 0 spiro atoms. The van der Waals surface area contributed by atoms with Crippen LogP contribution < -0.4 is 5.32 Å². The van der Waals surface area contributed by atoms with Gasteiger partial charge in [-0.25, -0.2) is 9.97 Å². The first-order chi connectivity index (χ1) is 13.3. The molecule has 0 amide bonds. The van der Waals surface area contributed by atoms with Gasteiger partial charge >= 0.3 is 0 Å². The van der Waals surface area contributed by atoms with Crippen LogP contribution in [0.1, 0.15) is 17.0 Å². The van der Waals surface area contributed by atoms with Gasteiger partial charge in [0.2, 0.25) is 5.89 Å². The number of nitrogens with zero attached hydrogens (tertiary/aromatic N) is 2. The fourth-order valence-electron chi connectivity index (χ4n) is 2.73. The number of anilines is 2. The molecule has 2 heterocycles. The largest absolute Gasteiger partial charge is 0.437 e. The van der Waals surface area contributed by atoms with Gasteiger partial charge in [0, 0.05) is 23.5 Å². The molecule has 0 fully saturated rings. The number of rotatable bonds is 5. The molecule has 0 saturated heterocycles. The van der Waals surface area contributed by atoms with Crippen molar-refractivity contribution in [2.24, 2.45) is 0 Å². The van der Waals surface area contributed by atoms with Crippen molar-refractivity contribution in [1.29, 1.82) is 0 Å². The molecule has 27 heavy (non-hydrogen) atoms. The van der Waals surface area contributed by atoms with Gasteiger partial charge < -0.3 is 9.73 Å². The van der Waals surface area contributed by atoms with Crippen molar-refractivity contribution < 1.29 is 4.42 Å². The Balaban J connectivity index is 1.52. The third kappa shape index (κ3) is 4.30. The van der Waals surface area contributed by atoms with Gasteiger partial charge in [-0.2, -0.15) is 0 Å². The zero-order valence-corrected chi connectivity index (χ0v) is 15.0. The molecule has 4 rings (SSSR count). The highest BCUT2D eigenvalue weighted by Gasteiger charge is 2.06. The summed E-state index contributed by atoms with van der Waals surface area (Å²) in [4.78, 5) is 8.69. The lowest BCUT2D eigenvalue weighted by molar-refractivity contribution is 0.560. The van der Waals surface area contributed by atoms with Crippen molar-refractivity contribution in [2.75, 3.05) is 5.32 Å². The monoisotopic (exact) mass is 353 g/mol. The molecule has 0 aliphatic carbocycles. The van der Waals surface area contributed by atoms with E-state index in [2.05, 4.69) is 15.3 Å². The smallest absolute Gasteiger partial charge is 0.219 e. The zero-order valence-electron chi connectivity index (χ0n) is 15.0. The lowest BCUT2D eigenvalue weighted by Gasteiger charge is -2.07. The molecule has 1 N–H and O–H groups in total. The average Bonchev–Trinajstić information content (AvgIpc) is 3.17. The van der Waals surface area contributed by atoms with Crippen molar-refractivity contribution in [2.45, 2.75) is 6.92 Å². The molecule has 0 bridgehead atoms. The van der Waals surface area contributed by atoms with Crippen LogP contribution in [-0.4, -0.2) is 9.97 Å². The van der Waals surface area contributed by atoms with Crippen LogP contribution in [0.2, 0.25) is 0 Å². The highest BCUT2D eigenvalue weighted by Crippen LogP contribution is 2.25. The number of aryl methyl sites for hydroxylation is 1. The highest BCUT2D eigenvalue weighted by atomic mass is 16.4. The molecule has 0 unspecified atom stereocenters. The molecule has 4 aromatic rings. The Hall–Kier alpha value is -3.66. The molecule has 0 radical (unpaired) electrons. The van der Waals surface area contributed by atoms with Crippen LogP contribution in [0.4, 0.5) is 11.5 Å². The topological polar surface area (TPSA) is 51.0 Å². The first-order valence-corrected chi connectivity index (χ1v) is 8.75. The summed E-state index contributed by atoms with van der Waals surface area (Å²) in [5.74, 6) is 2.12. The van der Waals surface area contributed by atoms with Crippen LogP contribution in [0, 0.1) is 6.92 Å². The van der Waals surface area contributed by atoms with Crippen molar-refractivity contribution in [3.05, 3.63) is 96.1 Å². The van der Waals surface area contributed by atoms with Crippen LogP contribution >= 0.6 is 0 Å². The molecule has 0 atom stereocenters. The lowest BCUT2D eigenvalue weighted by Crippen LogP contribution is -1.93. The van der Waals surface area contributed by atoms with Crippen molar-refractivity contribution >= 4 is 23.7 Å². The number of oxazole rings is 1. The zero-order chi connectivity index (χ0) is 18.5. The molecule has 132 valence electrons. The van der Waals surface area contributed by atoms with E-state index in [1.54, 1.807) is 12.4 Å². The number of nitrogens with one attached hydrogen (secondary N) is 1. The van der Waals surface area contributed by atoms with Crippen LogP contribution in [0.15, 0.2) is 83.5 Å². The minimum absolute atomic E-state index is 0.576. The molecule has 0 aliphatic heterocycles. The van der Waals surface area contributed by atoms with Crippen LogP contribution in [0.25, 0.3) is 23.5 Å². The van der Waals surface area contributed by atoms with Gasteiger partial charge in [0.1, 0.15) is 5.82 Å². The first-order valence-electron chi connectivity index (χ1n) is 8.75. The molecule has 2 aromatic heterocycles. The Kier molecular flexibility index (Phi) is 4.79. The van der Waals surface area contributed by atoms with Gasteiger partial charge in [-0.3, -0.25) is 0 Å². The Morgan fingerprint density at radius 2 is 1.78 bits per heavy atom. The summed E-state index contributed by atoms with van der Waals surface area (Å²) < 4.78 is 5.87. The van der Waals surface area contributed by atoms with Crippen molar-refractivity contribution in [1.82, 2.24) is 9.97 Å². The van der Waals surface area contributed by atoms with Gasteiger partial charge in [0.05, 0.1) is 6.20 Å². The van der Waals surface area contributed by atoms with E-state index in [4.69, 9.17) is 4.42 Å². The summed E-state index contributed by atoms with van der Waals surface area (Å²) in [5.41, 5.74) is 4.17. The fraction of sp³-hybridized carbons (Fsp3) is 0.0435. The normalized spacial score (nSPS) is 11.0. The Labute approximate surface area is 158 Å². The number of hydrogen-bond acceptors (Lipinski definition) is 4. The third-order valence-electron chi connectivity index (χ3n) is 4.08. The summed E-state index contributed by atoms with van der Waals surface area (Å²) in [6.45, 7) is 2.04. The SMILES string of the molecule is Cc1ccnc(Nc2cccc(-c3cnc(C=Cc4ccccc4)o3)c2)c1. The number of pyridine rings is 1. The average molecular weight is 353 g/mol. The van der Waals surface area contributed by atoms with Gasteiger partial charge in [-0.05, 0) is 48.4 Å². The molecular formula is C23H19N3O. The van der Waals surface area contributed by atoms with Gasteiger partial charge in [0.25, 0.3) is 0 Å². The first kappa shape index (κ1) is 16.8. The molecule has 4 heteroatoms. The van der Waals surface area contributed by atoms with E-state index >= 15 is 0 Å². The highest BCUT2D eigenvalue weighted by molar-refractivity contribution is 5.69. The summed E-state index contributed by atoms with van der Waals surface area (Å²) in [5, 5.41) is 3.32. The summed E-state index contributed by atoms with van der Waals surface area (Å²) in [6, 6.07) is 22.1. The Morgan fingerprint density at radius 3 is 2.63 bits per heavy atom. The molecule has 0 saturated carbocycles. The Morgan fingerprint density at radius 1 is 0.889 bits per heavy atom. The molecular weight excluding hydrogens is 334 g/mol. The van der Waals surface area contributed by atoms with Gasteiger partial charge in [0.15, 0.2) is 5.76 Å². The quantitative estimate of drug-likeness (QED) is 0.481. The third-order valence-corrected chi connectivity index (χ3v) is 4.08. The maximum absolute atomic E-state index is 5.87. The van der Waals surface area contributed by atoms with E-state index in [0.717, 1.165) is 34.0 Å². The summed E-state index contributed by atoms with van der Waals surface area (Å²) in [7, 11) is 0. The number of benzene rings is 2. The van der Waals surface area contributed by atoms with Gasteiger partial charge in [-0.1, -0.05) is 42.5 Å². The van der Waals surface area contributed by atoms with E-state index in [0.29, 0.717) is 5.89 Å². The number of hydrogen-bond donors (Lipinski definition) is 1. The lowest BCUT2D eigenvalue weighted by atomic mass is 10.1. The van der Waals surface area contributed by atoms with Crippen LogP contribution in [0.3, 0.4) is 0 Å². The molecule has 0 aliphatic rings. The van der Waals surface area contributed by atoms with Crippen LogP contribution in [-0.2, 0) is 0 Å². The van der Waals surface area contributed by atoms with E-state index < -0.39 is 0 Å². The van der Waals surface area contributed by atoms with E-state index in [9.17, 15) is 0 Å². The maximum atomic E-state index is 5.87.